The first-order valence-corrected chi connectivity index (χ1v) is 12.8. The predicted octanol–water partition coefficient (Wildman–Crippen LogP) is 2.27. The van der Waals surface area contributed by atoms with Crippen LogP contribution in [0.4, 0.5) is 4.39 Å². The van der Waals surface area contributed by atoms with E-state index in [2.05, 4.69) is 20.0 Å². The molecule has 0 saturated carbocycles. The number of H-pyrrole nitrogens is 1. The topological polar surface area (TPSA) is 157 Å². The lowest BCUT2D eigenvalue weighted by atomic mass is 10.1. The molecule has 3 N–H and O–H groups in total. The molecule has 0 unspecified atom stereocenters. The molecule has 37 heavy (non-hydrogen) atoms. The number of aliphatic hydroxyl groups excluding tert-OH is 1. The molecule has 11 nitrogen and oxygen atoms in total. The number of aliphatic hydroxyl groups is 1. The number of carbonyl (C=O) groups excluding carboxylic acids is 2. The van der Waals surface area contributed by atoms with Crippen molar-refractivity contribution < 1.29 is 41.7 Å². The lowest BCUT2D eigenvalue weighted by molar-refractivity contribution is -0.143. The van der Waals surface area contributed by atoms with Gasteiger partial charge in [-0.05, 0) is 43.3 Å². The van der Waals surface area contributed by atoms with Crippen molar-refractivity contribution in [1.29, 1.82) is 0 Å². The van der Waals surface area contributed by atoms with Gasteiger partial charge in [-0.25, -0.2) is 22.6 Å². The molecular weight excluding hydrogens is 509 g/mol. The number of aromatic nitrogens is 2. The molecule has 0 spiro atoms. The monoisotopic (exact) mass is 535 g/mol. The van der Waals surface area contributed by atoms with Gasteiger partial charge in [-0.1, -0.05) is 0 Å². The van der Waals surface area contributed by atoms with Crippen LogP contribution in [-0.2, 0) is 19.4 Å². The van der Waals surface area contributed by atoms with Gasteiger partial charge < -0.3 is 29.6 Å². The second-order valence-electron chi connectivity index (χ2n) is 8.00. The number of aromatic amines is 1. The van der Waals surface area contributed by atoms with Crippen molar-refractivity contribution in [2.45, 2.75) is 24.1 Å². The van der Waals surface area contributed by atoms with Gasteiger partial charge in [0.15, 0.2) is 20.9 Å². The molecule has 1 amide bonds. The summed E-state index contributed by atoms with van der Waals surface area (Å²) in [7, 11) is -2.34. The number of halogens is 1. The van der Waals surface area contributed by atoms with Crippen molar-refractivity contribution in [2.75, 3.05) is 26.6 Å². The molecule has 0 aliphatic rings. The summed E-state index contributed by atoms with van der Waals surface area (Å²) in [6, 6.07) is 9.36. The number of sulfone groups is 1. The summed E-state index contributed by atoms with van der Waals surface area (Å²) in [6.45, 7) is 0.187. The Kier molecular flexibility index (Phi) is 8.84. The number of hydrogen-bond acceptors (Lipinski definition) is 9. The van der Waals surface area contributed by atoms with Crippen LogP contribution in [0.15, 0.2) is 53.7 Å². The zero-order valence-electron chi connectivity index (χ0n) is 20.2. The number of hydrogen-bond donors (Lipinski definition) is 3. The fraction of sp³-hybridized carbons (Fsp3) is 0.292. The van der Waals surface area contributed by atoms with Gasteiger partial charge in [0.25, 0.3) is 5.91 Å². The van der Waals surface area contributed by atoms with Crippen LogP contribution in [0.3, 0.4) is 0 Å². The number of methoxy groups -OCH3 is 1. The zero-order valence-corrected chi connectivity index (χ0v) is 21.0. The smallest absolute Gasteiger partial charge is 0.330 e. The van der Waals surface area contributed by atoms with Gasteiger partial charge in [-0.2, -0.15) is 0 Å². The van der Waals surface area contributed by atoms with Crippen LogP contribution in [0.5, 0.6) is 17.2 Å². The minimum atomic E-state index is -3.48. The standard InChI is InChI=1S/C24H26FN3O8S/c1-14(11-25)35-17-8-15(9-18(10-17)36-16-4-7-22(26-12-16)37(3,32)33)19-5-6-20(27-19)23(30)28-21(13-29)24(31)34-2/h4-10,12,14,21,27,29H,11,13H2,1-3H3,(H,28,30)/t14-,21-/m0/s1. The third-order valence-corrected chi connectivity index (χ3v) is 5.98. The molecule has 0 fully saturated rings. The number of nitrogens with zero attached hydrogens (tertiary/aromatic N) is 1. The first-order valence-electron chi connectivity index (χ1n) is 10.9. The number of rotatable bonds is 11. The second kappa shape index (κ2) is 11.8. The van der Waals surface area contributed by atoms with Crippen molar-refractivity contribution in [3.63, 3.8) is 0 Å². The average Bonchev–Trinajstić information content (AvgIpc) is 3.37. The Morgan fingerprint density at radius 3 is 2.46 bits per heavy atom. The number of ether oxygens (including phenoxy) is 3. The van der Waals surface area contributed by atoms with E-state index in [0.717, 1.165) is 13.4 Å². The van der Waals surface area contributed by atoms with Crippen molar-refractivity contribution in [3.05, 3.63) is 54.4 Å². The Morgan fingerprint density at radius 2 is 1.86 bits per heavy atom. The molecular formula is C24H26FN3O8S. The van der Waals surface area contributed by atoms with E-state index < -0.39 is 47.1 Å². The molecule has 13 heteroatoms. The minimum Gasteiger partial charge on any atom is -0.488 e. The minimum absolute atomic E-state index is 0.101. The van der Waals surface area contributed by atoms with E-state index >= 15 is 0 Å². The molecule has 0 saturated heterocycles. The van der Waals surface area contributed by atoms with E-state index in [1.807, 2.05) is 0 Å². The summed E-state index contributed by atoms with van der Waals surface area (Å²) >= 11 is 0. The van der Waals surface area contributed by atoms with E-state index in [1.165, 1.54) is 30.5 Å². The molecule has 0 aliphatic carbocycles. The van der Waals surface area contributed by atoms with E-state index in [1.54, 1.807) is 25.1 Å². The SMILES string of the molecule is COC(=O)[C@H](CO)NC(=O)c1ccc(-c2cc(Oc3ccc(S(C)(=O)=O)nc3)cc(O[C@@H](C)CF)c2)[nH]1. The second-order valence-corrected chi connectivity index (χ2v) is 9.96. The molecule has 198 valence electrons. The Labute approximate surface area is 212 Å². The first-order chi connectivity index (χ1) is 17.5. The Balaban J connectivity index is 1.89. The number of carbonyl (C=O) groups is 2. The van der Waals surface area contributed by atoms with Gasteiger partial charge in [0.05, 0.1) is 19.9 Å². The van der Waals surface area contributed by atoms with Gasteiger partial charge in [0, 0.05) is 23.6 Å². The highest BCUT2D eigenvalue weighted by Gasteiger charge is 2.22. The third kappa shape index (κ3) is 7.27. The highest BCUT2D eigenvalue weighted by Crippen LogP contribution is 2.33. The van der Waals surface area contributed by atoms with Crippen molar-refractivity contribution in [2.24, 2.45) is 0 Å². The van der Waals surface area contributed by atoms with Crippen LogP contribution in [0.2, 0.25) is 0 Å². The Hall–Kier alpha value is -3.97. The number of nitrogens with one attached hydrogen (secondary N) is 2. The maximum absolute atomic E-state index is 13.1. The summed E-state index contributed by atoms with van der Waals surface area (Å²) in [5.74, 6) is -0.638. The van der Waals surface area contributed by atoms with Crippen molar-refractivity contribution >= 4 is 21.7 Å². The normalized spacial score (nSPS) is 12.9. The highest BCUT2D eigenvalue weighted by molar-refractivity contribution is 7.90. The maximum Gasteiger partial charge on any atom is 0.330 e. The first kappa shape index (κ1) is 27.6. The molecule has 0 radical (unpaired) electrons. The fourth-order valence-electron chi connectivity index (χ4n) is 3.15. The fourth-order valence-corrected chi connectivity index (χ4v) is 3.71. The van der Waals surface area contributed by atoms with Crippen LogP contribution < -0.4 is 14.8 Å². The van der Waals surface area contributed by atoms with E-state index in [0.29, 0.717) is 11.3 Å². The third-order valence-electron chi connectivity index (χ3n) is 4.97. The zero-order chi connectivity index (χ0) is 27.2. The number of amides is 1. The van der Waals surface area contributed by atoms with Crippen LogP contribution in [-0.4, -0.2) is 74.2 Å². The van der Waals surface area contributed by atoms with Crippen molar-refractivity contribution in [1.82, 2.24) is 15.3 Å². The molecule has 0 aliphatic heterocycles. The number of alkyl halides is 1. The van der Waals surface area contributed by atoms with Crippen LogP contribution in [0, 0.1) is 0 Å². The van der Waals surface area contributed by atoms with Gasteiger partial charge >= 0.3 is 5.97 Å². The lowest BCUT2D eigenvalue weighted by Gasteiger charge is -2.15. The molecule has 1 aromatic carbocycles. The molecule has 2 atom stereocenters. The highest BCUT2D eigenvalue weighted by atomic mass is 32.2. The summed E-state index contributed by atoms with van der Waals surface area (Å²) in [5, 5.41) is 11.6. The summed E-state index contributed by atoms with van der Waals surface area (Å²) in [6.07, 6.45) is 1.56. The van der Waals surface area contributed by atoms with Crippen LogP contribution in [0.25, 0.3) is 11.3 Å². The van der Waals surface area contributed by atoms with Crippen LogP contribution >= 0.6 is 0 Å². The van der Waals surface area contributed by atoms with Crippen molar-refractivity contribution in [3.8, 4) is 28.5 Å². The molecule has 2 aromatic heterocycles. The van der Waals surface area contributed by atoms with E-state index in [4.69, 9.17) is 9.47 Å². The Bertz CT molecular complexity index is 1360. The lowest BCUT2D eigenvalue weighted by Crippen LogP contribution is -2.44. The Morgan fingerprint density at radius 1 is 1.14 bits per heavy atom. The summed E-state index contributed by atoms with van der Waals surface area (Å²) in [4.78, 5) is 31.0. The van der Waals surface area contributed by atoms with Gasteiger partial charge in [0.2, 0.25) is 0 Å². The predicted molar refractivity (Wildman–Crippen MR) is 130 cm³/mol. The van der Waals surface area contributed by atoms with Crippen LogP contribution in [0.1, 0.15) is 17.4 Å². The van der Waals surface area contributed by atoms with Gasteiger partial charge in [-0.15, -0.1) is 0 Å². The quantitative estimate of drug-likeness (QED) is 0.313. The number of pyridine rings is 1. The van der Waals surface area contributed by atoms with Gasteiger partial charge in [0.1, 0.15) is 35.7 Å². The number of benzene rings is 1. The number of esters is 1. The summed E-state index contributed by atoms with van der Waals surface area (Å²) in [5.41, 5.74) is 1.09. The molecule has 0 bridgehead atoms. The average molecular weight is 536 g/mol. The summed E-state index contributed by atoms with van der Waals surface area (Å²) < 4.78 is 52.3. The largest absolute Gasteiger partial charge is 0.488 e. The maximum atomic E-state index is 13.1. The van der Waals surface area contributed by atoms with E-state index in [-0.39, 0.29) is 28.0 Å². The molecule has 3 aromatic rings. The van der Waals surface area contributed by atoms with E-state index in [9.17, 15) is 27.5 Å². The van der Waals surface area contributed by atoms with Gasteiger partial charge in [-0.3, -0.25) is 4.79 Å². The molecule has 3 rings (SSSR count). The molecule has 2 heterocycles.